The van der Waals surface area contributed by atoms with Crippen molar-refractivity contribution in [3.63, 3.8) is 0 Å². The minimum Gasteiger partial charge on any atom is -0.449 e. The highest BCUT2D eigenvalue weighted by molar-refractivity contribution is 6.58. The molecule has 1 aromatic heterocycles. The van der Waals surface area contributed by atoms with Crippen molar-refractivity contribution in [3.05, 3.63) is 18.2 Å². The second kappa shape index (κ2) is 3.52. The third-order valence-corrected chi connectivity index (χ3v) is 1.46. The first-order valence-corrected chi connectivity index (χ1v) is 3.64. The van der Waals surface area contributed by atoms with Gasteiger partial charge in [0.25, 0.3) is 0 Å². The number of hydrogen-bond donors (Lipinski definition) is 0. The molecular weight excluding hydrogens is 182 g/mol. The summed E-state index contributed by atoms with van der Waals surface area (Å²) in [6, 6.07) is 1.74. The minimum atomic E-state index is -4.76. The molecule has 3 nitrogen and oxygen atoms in total. The normalized spacial score (nSPS) is 11.2. The van der Waals surface area contributed by atoms with Crippen LogP contribution in [-0.4, -0.2) is 16.5 Å². The Labute approximate surface area is 72.9 Å². The third kappa shape index (κ3) is 3.19. The molecule has 0 spiro atoms. The van der Waals surface area contributed by atoms with E-state index in [9.17, 15) is 12.9 Å². The first-order chi connectivity index (χ1) is 6.01. The summed E-state index contributed by atoms with van der Waals surface area (Å²) in [4.78, 5) is 3.58. The molecule has 0 aliphatic carbocycles. The molecule has 0 radical (unpaired) electrons. The highest BCUT2D eigenvalue weighted by Crippen LogP contribution is 2.15. The fourth-order valence-electron chi connectivity index (χ4n) is 0.836. The zero-order valence-corrected chi connectivity index (χ0v) is 6.62. The van der Waals surface area contributed by atoms with Gasteiger partial charge in [-0.2, -0.15) is 5.26 Å². The number of nitrogens with zero attached hydrogens (tertiary/aromatic N) is 3. The molecule has 70 valence electrons. The van der Waals surface area contributed by atoms with Crippen LogP contribution in [0.25, 0.3) is 0 Å². The predicted molar refractivity (Wildman–Crippen MR) is 40.8 cm³/mol. The fraction of sp³-hybridized carbons (Fsp3) is 0.333. The summed E-state index contributed by atoms with van der Waals surface area (Å²) in [6.45, 7) is -4.92. The number of hydrogen-bond acceptors (Lipinski definition) is 2. The Balaban J connectivity index is 2.52. The number of nitriles is 1. The number of imidazole rings is 1. The fourth-order valence-corrected chi connectivity index (χ4v) is 0.836. The molecule has 0 atom stereocenters. The van der Waals surface area contributed by atoms with Crippen LogP contribution in [-0.2, 0) is 6.54 Å². The first kappa shape index (κ1) is 9.64. The summed E-state index contributed by atoms with van der Waals surface area (Å²) < 4.78 is 36.6. The van der Waals surface area contributed by atoms with E-state index < -0.39 is 13.3 Å². The van der Waals surface area contributed by atoms with Gasteiger partial charge >= 0.3 is 6.98 Å². The van der Waals surface area contributed by atoms with E-state index in [1.54, 1.807) is 6.07 Å². The molecule has 0 unspecified atom stereocenters. The molecule has 0 amide bonds. The Morgan fingerprint density at radius 3 is 2.69 bits per heavy atom. The zero-order chi connectivity index (χ0) is 9.90. The van der Waals surface area contributed by atoms with Crippen molar-refractivity contribution in [2.75, 3.05) is 0 Å². The molecule has 1 rings (SSSR count). The summed E-state index contributed by atoms with van der Waals surface area (Å²) in [5.74, 6) is 0. The highest BCUT2D eigenvalue weighted by Gasteiger charge is 2.21. The SMILES string of the molecule is N#Cc1cn(CC[B-](F)(F)F)cn1. The van der Waals surface area contributed by atoms with Gasteiger partial charge in [-0.3, -0.25) is 0 Å². The summed E-state index contributed by atoms with van der Waals surface area (Å²) in [7, 11) is 0. The van der Waals surface area contributed by atoms with Crippen LogP contribution < -0.4 is 0 Å². The first-order valence-electron chi connectivity index (χ1n) is 3.64. The van der Waals surface area contributed by atoms with Gasteiger partial charge in [-0.1, -0.05) is 6.32 Å². The van der Waals surface area contributed by atoms with Crippen LogP contribution in [0, 0.1) is 11.3 Å². The lowest BCUT2D eigenvalue weighted by Crippen LogP contribution is -2.16. The Bertz CT molecular complexity index is 325. The van der Waals surface area contributed by atoms with Gasteiger partial charge < -0.3 is 17.5 Å². The van der Waals surface area contributed by atoms with Gasteiger partial charge in [0.2, 0.25) is 0 Å². The number of rotatable bonds is 3. The van der Waals surface area contributed by atoms with Crippen molar-refractivity contribution >= 4 is 6.98 Å². The summed E-state index contributed by atoms with van der Waals surface area (Å²) in [5, 5.41) is 8.33. The second-order valence-electron chi connectivity index (χ2n) is 2.61. The largest absolute Gasteiger partial charge is 0.480 e. The van der Waals surface area contributed by atoms with Crippen molar-refractivity contribution in [1.82, 2.24) is 9.55 Å². The van der Waals surface area contributed by atoms with Crippen LogP contribution in [0.15, 0.2) is 12.5 Å². The van der Waals surface area contributed by atoms with Crippen molar-refractivity contribution in [2.24, 2.45) is 0 Å². The van der Waals surface area contributed by atoms with E-state index in [4.69, 9.17) is 5.26 Å². The molecule has 7 heteroatoms. The summed E-state index contributed by atoms with van der Waals surface area (Å²) in [6.07, 6.45) is 1.67. The molecule has 0 aliphatic heterocycles. The van der Waals surface area contributed by atoms with Crippen molar-refractivity contribution in [1.29, 1.82) is 5.26 Å². The van der Waals surface area contributed by atoms with Gasteiger partial charge in [-0.05, 0) is 6.54 Å². The topological polar surface area (TPSA) is 41.6 Å². The van der Waals surface area contributed by atoms with E-state index >= 15 is 0 Å². The smallest absolute Gasteiger partial charge is 0.449 e. The monoisotopic (exact) mass is 188 g/mol. The maximum Gasteiger partial charge on any atom is 0.480 e. The Morgan fingerprint density at radius 2 is 2.23 bits per heavy atom. The number of aryl methyl sites for hydroxylation is 1. The molecule has 1 heterocycles. The van der Waals surface area contributed by atoms with E-state index in [-0.39, 0.29) is 12.2 Å². The van der Waals surface area contributed by atoms with Gasteiger partial charge in [-0.15, -0.1) is 0 Å². The van der Waals surface area contributed by atoms with Crippen LogP contribution in [0.2, 0.25) is 6.32 Å². The van der Waals surface area contributed by atoms with E-state index in [1.807, 2.05) is 0 Å². The lowest BCUT2D eigenvalue weighted by atomic mass is 9.86. The number of halogens is 3. The third-order valence-electron chi connectivity index (χ3n) is 1.46. The molecule has 0 aliphatic rings. The Kier molecular flexibility index (Phi) is 2.61. The molecule has 0 bridgehead atoms. The van der Waals surface area contributed by atoms with Gasteiger partial charge in [0.1, 0.15) is 6.07 Å². The van der Waals surface area contributed by atoms with Gasteiger partial charge in [-0.25, -0.2) is 4.98 Å². The van der Waals surface area contributed by atoms with Crippen molar-refractivity contribution < 1.29 is 12.9 Å². The van der Waals surface area contributed by atoms with Crippen LogP contribution >= 0.6 is 0 Å². The molecule has 0 saturated carbocycles. The van der Waals surface area contributed by atoms with E-state index in [0.29, 0.717) is 0 Å². The van der Waals surface area contributed by atoms with Crippen LogP contribution in [0.3, 0.4) is 0 Å². The molecule has 0 aromatic carbocycles. The van der Waals surface area contributed by atoms with E-state index in [1.165, 1.54) is 17.1 Å². The quantitative estimate of drug-likeness (QED) is 0.675. The summed E-state index contributed by atoms with van der Waals surface area (Å²) >= 11 is 0. The molecule has 0 fully saturated rings. The second-order valence-corrected chi connectivity index (χ2v) is 2.61. The molecule has 0 saturated heterocycles. The van der Waals surface area contributed by atoms with Gasteiger partial charge in [0.15, 0.2) is 5.69 Å². The molecule has 1 aromatic rings. The van der Waals surface area contributed by atoms with E-state index in [0.717, 1.165) is 0 Å². The average Bonchev–Trinajstić information content (AvgIpc) is 2.47. The van der Waals surface area contributed by atoms with E-state index in [2.05, 4.69) is 4.98 Å². The molecular formula is C6H6BF3N3-. The standard InChI is InChI=1S/C6H6BF3N3/c8-7(9,10)1-2-13-4-6(3-11)12-5-13/h4-5H,1-2H2/q-1. The molecule has 13 heavy (non-hydrogen) atoms. The van der Waals surface area contributed by atoms with Gasteiger partial charge in [0.05, 0.1) is 6.33 Å². The predicted octanol–water partition coefficient (Wildman–Crippen LogP) is 1.60. The lowest BCUT2D eigenvalue weighted by Gasteiger charge is -2.12. The van der Waals surface area contributed by atoms with Crippen LogP contribution in [0.4, 0.5) is 12.9 Å². The Morgan fingerprint density at radius 1 is 1.54 bits per heavy atom. The van der Waals surface area contributed by atoms with Crippen molar-refractivity contribution in [3.8, 4) is 6.07 Å². The molecule has 0 N–H and O–H groups in total. The zero-order valence-electron chi connectivity index (χ0n) is 6.62. The van der Waals surface area contributed by atoms with Gasteiger partial charge in [0, 0.05) is 6.20 Å². The summed E-state index contributed by atoms with van der Waals surface area (Å²) in [5.41, 5.74) is 0.134. The highest BCUT2D eigenvalue weighted by atomic mass is 19.4. The Hall–Kier alpha value is -1.45. The minimum absolute atomic E-state index is 0.134. The van der Waals surface area contributed by atoms with Crippen molar-refractivity contribution in [2.45, 2.75) is 12.9 Å². The van der Waals surface area contributed by atoms with Crippen LogP contribution in [0.1, 0.15) is 5.69 Å². The average molecular weight is 188 g/mol. The lowest BCUT2D eigenvalue weighted by molar-refractivity contribution is 0.457. The maximum atomic E-state index is 11.8. The number of aromatic nitrogens is 2. The van der Waals surface area contributed by atoms with Crippen LogP contribution in [0.5, 0.6) is 0 Å². The maximum absolute atomic E-state index is 11.8.